The van der Waals surface area contributed by atoms with Crippen LogP contribution in [0, 0.1) is 5.82 Å². The predicted octanol–water partition coefficient (Wildman–Crippen LogP) is 3.14. The van der Waals surface area contributed by atoms with Gasteiger partial charge in [-0.2, -0.15) is 0 Å². The van der Waals surface area contributed by atoms with Gasteiger partial charge in [-0.1, -0.05) is 17.4 Å². The molecule has 1 amide bonds. The zero-order chi connectivity index (χ0) is 24.4. The number of piperazine rings is 1. The standard InChI is InChI=1S/C24H23FN6O3S/c1-34-22(33)17-3-2-4-19(13-17)26-21(32)15-29-9-11-30(12-10-29)24-28-31-14-20(27-23(31)35-24)16-5-7-18(25)8-6-16/h2-8,13-14H,9-12,15H2,1H3,(H,26,32). The molecule has 1 fully saturated rings. The maximum atomic E-state index is 13.2. The van der Waals surface area contributed by atoms with Crippen molar-refractivity contribution in [3.05, 3.63) is 66.1 Å². The van der Waals surface area contributed by atoms with Crippen LogP contribution in [-0.4, -0.2) is 71.2 Å². The summed E-state index contributed by atoms with van der Waals surface area (Å²) in [6.07, 6.45) is 1.85. The lowest BCUT2D eigenvalue weighted by Crippen LogP contribution is -2.48. The van der Waals surface area contributed by atoms with Crippen molar-refractivity contribution in [1.82, 2.24) is 19.5 Å². The molecule has 0 unspecified atom stereocenters. The number of hydrogen-bond acceptors (Lipinski definition) is 8. The summed E-state index contributed by atoms with van der Waals surface area (Å²) >= 11 is 1.50. The number of carbonyl (C=O) groups excluding carboxylic acids is 2. The van der Waals surface area contributed by atoms with Crippen LogP contribution in [0.3, 0.4) is 0 Å². The van der Waals surface area contributed by atoms with Gasteiger partial charge in [-0.05, 0) is 42.5 Å². The molecule has 11 heteroatoms. The molecule has 0 saturated carbocycles. The first kappa shape index (κ1) is 22.9. The monoisotopic (exact) mass is 494 g/mol. The molecule has 0 bridgehead atoms. The van der Waals surface area contributed by atoms with Gasteiger partial charge in [0, 0.05) is 37.4 Å². The summed E-state index contributed by atoms with van der Waals surface area (Å²) in [6.45, 7) is 3.19. The summed E-state index contributed by atoms with van der Waals surface area (Å²) in [7, 11) is 1.32. The Morgan fingerprint density at radius 1 is 1.11 bits per heavy atom. The van der Waals surface area contributed by atoms with Crippen molar-refractivity contribution in [3.8, 4) is 11.3 Å². The molecule has 9 nitrogen and oxygen atoms in total. The Hall–Kier alpha value is -3.83. The van der Waals surface area contributed by atoms with Gasteiger partial charge in [0.2, 0.25) is 16.0 Å². The Labute approximate surface area is 204 Å². The molecule has 1 N–H and O–H groups in total. The van der Waals surface area contributed by atoms with Crippen molar-refractivity contribution in [2.75, 3.05) is 50.1 Å². The molecule has 2 aromatic heterocycles. The van der Waals surface area contributed by atoms with Gasteiger partial charge in [-0.25, -0.2) is 18.7 Å². The van der Waals surface area contributed by atoms with Crippen LogP contribution in [0.2, 0.25) is 0 Å². The van der Waals surface area contributed by atoms with E-state index in [1.54, 1.807) is 40.9 Å². The highest BCUT2D eigenvalue weighted by Gasteiger charge is 2.22. The molecule has 3 heterocycles. The molecule has 1 aliphatic heterocycles. The minimum Gasteiger partial charge on any atom is -0.465 e. The van der Waals surface area contributed by atoms with Crippen LogP contribution in [0.4, 0.5) is 15.2 Å². The van der Waals surface area contributed by atoms with E-state index in [0.29, 0.717) is 11.3 Å². The maximum absolute atomic E-state index is 13.2. The van der Waals surface area contributed by atoms with E-state index in [2.05, 4.69) is 25.2 Å². The number of hydrogen-bond donors (Lipinski definition) is 1. The first-order chi connectivity index (χ1) is 17.0. The van der Waals surface area contributed by atoms with Crippen LogP contribution in [-0.2, 0) is 9.53 Å². The lowest BCUT2D eigenvalue weighted by molar-refractivity contribution is -0.117. The minimum atomic E-state index is -0.446. The fraction of sp³-hybridized carbons (Fsp3) is 0.250. The lowest BCUT2D eigenvalue weighted by atomic mass is 10.2. The van der Waals surface area contributed by atoms with Gasteiger partial charge in [-0.3, -0.25) is 9.69 Å². The number of aromatic nitrogens is 3. The summed E-state index contributed by atoms with van der Waals surface area (Å²) in [4.78, 5) is 33.9. The Morgan fingerprint density at radius 3 is 2.60 bits per heavy atom. The molecule has 1 aliphatic rings. The van der Waals surface area contributed by atoms with Crippen molar-refractivity contribution in [1.29, 1.82) is 0 Å². The Kier molecular flexibility index (Phi) is 6.43. The van der Waals surface area contributed by atoms with Crippen molar-refractivity contribution in [2.24, 2.45) is 0 Å². The fourth-order valence-corrected chi connectivity index (χ4v) is 4.85. The highest BCUT2D eigenvalue weighted by Crippen LogP contribution is 2.27. The molecule has 0 radical (unpaired) electrons. The number of amides is 1. The van der Waals surface area contributed by atoms with Gasteiger partial charge < -0.3 is 15.0 Å². The van der Waals surface area contributed by atoms with Crippen LogP contribution in [0.1, 0.15) is 10.4 Å². The molecule has 1 saturated heterocycles. The van der Waals surface area contributed by atoms with Gasteiger partial charge in [0.25, 0.3) is 0 Å². The van der Waals surface area contributed by atoms with Crippen LogP contribution in [0.25, 0.3) is 16.2 Å². The van der Waals surface area contributed by atoms with Crippen molar-refractivity contribution >= 4 is 39.0 Å². The number of methoxy groups -OCH3 is 1. The third-order valence-corrected chi connectivity index (χ3v) is 6.73. The number of nitrogens with zero attached hydrogens (tertiary/aromatic N) is 5. The summed E-state index contributed by atoms with van der Waals surface area (Å²) < 4.78 is 19.6. The van der Waals surface area contributed by atoms with Gasteiger partial charge in [0.15, 0.2) is 0 Å². The van der Waals surface area contributed by atoms with E-state index in [4.69, 9.17) is 4.74 Å². The van der Waals surface area contributed by atoms with E-state index in [-0.39, 0.29) is 18.3 Å². The number of imidazole rings is 1. The van der Waals surface area contributed by atoms with Crippen molar-refractivity contribution in [2.45, 2.75) is 0 Å². The molecule has 5 rings (SSSR count). The average molecular weight is 495 g/mol. The second-order valence-corrected chi connectivity index (χ2v) is 9.06. The quantitative estimate of drug-likeness (QED) is 0.412. The molecular formula is C24H23FN6O3S. The summed E-state index contributed by atoms with van der Waals surface area (Å²) in [5.74, 6) is -0.861. The average Bonchev–Trinajstić information content (AvgIpc) is 3.44. The van der Waals surface area contributed by atoms with Gasteiger partial charge in [-0.15, -0.1) is 5.10 Å². The zero-order valence-electron chi connectivity index (χ0n) is 19.0. The maximum Gasteiger partial charge on any atom is 0.337 e. The van der Waals surface area contributed by atoms with E-state index in [0.717, 1.165) is 47.5 Å². The number of ether oxygens (including phenoxy) is 1. The van der Waals surface area contributed by atoms with Gasteiger partial charge in [0.05, 0.1) is 31.1 Å². The van der Waals surface area contributed by atoms with Crippen LogP contribution in [0.15, 0.2) is 54.7 Å². The number of carbonyl (C=O) groups is 2. The van der Waals surface area contributed by atoms with E-state index < -0.39 is 5.97 Å². The van der Waals surface area contributed by atoms with Crippen molar-refractivity contribution in [3.63, 3.8) is 0 Å². The molecule has 0 aliphatic carbocycles. The number of benzene rings is 2. The zero-order valence-corrected chi connectivity index (χ0v) is 19.8. The van der Waals surface area contributed by atoms with E-state index >= 15 is 0 Å². The number of nitrogens with one attached hydrogen (secondary N) is 1. The van der Waals surface area contributed by atoms with Gasteiger partial charge in [0.1, 0.15) is 5.82 Å². The Bertz CT molecular complexity index is 1330. The number of rotatable bonds is 6. The summed E-state index contributed by atoms with van der Waals surface area (Å²) in [6, 6.07) is 12.9. The third kappa shape index (κ3) is 5.15. The minimum absolute atomic E-state index is 0.137. The molecular weight excluding hydrogens is 471 g/mol. The van der Waals surface area contributed by atoms with E-state index in [1.165, 1.54) is 30.6 Å². The van der Waals surface area contributed by atoms with E-state index in [1.807, 2.05) is 6.20 Å². The Morgan fingerprint density at radius 2 is 1.89 bits per heavy atom. The second kappa shape index (κ2) is 9.80. The third-order valence-electron chi connectivity index (χ3n) is 5.75. The largest absolute Gasteiger partial charge is 0.465 e. The van der Waals surface area contributed by atoms with Crippen LogP contribution >= 0.6 is 11.3 Å². The lowest BCUT2D eigenvalue weighted by Gasteiger charge is -2.33. The molecule has 2 aromatic carbocycles. The Balaban J connectivity index is 1.15. The molecule has 4 aromatic rings. The predicted molar refractivity (Wildman–Crippen MR) is 131 cm³/mol. The highest BCUT2D eigenvalue weighted by atomic mass is 32.1. The SMILES string of the molecule is COC(=O)c1cccc(NC(=O)CN2CCN(c3nn4cc(-c5ccc(F)cc5)nc4s3)CC2)c1. The molecule has 35 heavy (non-hydrogen) atoms. The first-order valence-electron chi connectivity index (χ1n) is 11.1. The van der Waals surface area contributed by atoms with Crippen LogP contribution < -0.4 is 10.2 Å². The number of fused-ring (bicyclic) bond motifs is 1. The topological polar surface area (TPSA) is 92.1 Å². The second-order valence-electron chi connectivity index (χ2n) is 8.13. The smallest absolute Gasteiger partial charge is 0.337 e. The van der Waals surface area contributed by atoms with Crippen molar-refractivity contribution < 1.29 is 18.7 Å². The normalized spacial score (nSPS) is 14.3. The first-order valence-corrected chi connectivity index (χ1v) is 11.9. The van der Waals surface area contributed by atoms with Crippen LogP contribution in [0.5, 0.6) is 0 Å². The van der Waals surface area contributed by atoms with Gasteiger partial charge >= 0.3 is 5.97 Å². The fourth-order valence-electron chi connectivity index (χ4n) is 3.92. The molecule has 0 atom stereocenters. The highest BCUT2D eigenvalue weighted by molar-refractivity contribution is 7.20. The molecule has 180 valence electrons. The number of halogens is 1. The van der Waals surface area contributed by atoms with E-state index in [9.17, 15) is 14.0 Å². The number of esters is 1. The summed E-state index contributed by atoms with van der Waals surface area (Å²) in [5, 5.41) is 8.38. The molecule has 0 spiro atoms. The summed E-state index contributed by atoms with van der Waals surface area (Å²) in [5.41, 5.74) is 2.54. The number of anilines is 2.